The van der Waals surface area contributed by atoms with Crippen molar-refractivity contribution in [1.29, 1.82) is 0 Å². The van der Waals surface area contributed by atoms with Crippen molar-refractivity contribution in [2.75, 3.05) is 5.75 Å². The Kier molecular flexibility index (Phi) is 7.37. The van der Waals surface area contributed by atoms with Crippen LogP contribution in [0.5, 0.6) is 0 Å². The van der Waals surface area contributed by atoms with E-state index in [0.29, 0.717) is 23.7 Å². The van der Waals surface area contributed by atoms with Gasteiger partial charge in [-0.2, -0.15) is 5.10 Å². The molecule has 0 atom stereocenters. The van der Waals surface area contributed by atoms with E-state index in [9.17, 15) is 23.6 Å². The maximum atomic E-state index is 14.1. The highest BCUT2D eigenvalue weighted by molar-refractivity contribution is 8.00. The van der Waals surface area contributed by atoms with Crippen LogP contribution in [0.3, 0.4) is 0 Å². The van der Waals surface area contributed by atoms with Crippen molar-refractivity contribution in [2.24, 2.45) is 0 Å². The average Bonchev–Trinajstić information content (AvgIpc) is 2.78. The van der Waals surface area contributed by atoms with Crippen molar-refractivity contribution in [1.82, 2.24) is 20.6 Å². The molecule has 2 amide bonds. The van der Waals surface area contributed by atoms with Gasteiger partial charge in [0.1, 0.15) is 5.82 Å². The molecule has 0 bridgehead atoms. The summed E-state index contributed by atoms with van der Waals surface area (Å²) in [6.07, 6.45) is 0.657. The summed E-state index contributed by atoms with van der Waals surface area (Å²) in [6.45, 7) is 3.57. The lowest BCUT2D eigenvalue weighted by Crippen LogP contribution is -2.43. The molecule has 10 heteroatoms. The second kappa shape index (κ2) is 10.2. The molecule has 0 aliphatic rings. The Bertz CT molecular complexity index is 1260. The molecule has 3 rings (SSSR count). The topological polar surface area (TPSA) is 110 Å². The van der Waals surface area contributed by atoms with Gasteiger partial charge in [0.05, 0.1) is 11.1 Å². The number of aryl methyl sites for hydroxylation is 1. The summed E-state index contributed by atoms with van der Waals surface area (Å²) < 4.78 is 15.3. The summed E-state index contributed by atoms with van der Waals surface area (Å²) in [5, 5.41) is 4.88. The number of fused-ring (bicyclic) bond motifs is 1. The first-order valence-corrected chi connectivity index (χ1v) is 10.8. The van der Waals surface area contributed by atoms with Crippen molar-refractivity contribution >= 4 is 40.1 Å². The monoisotopic (exact) mass is 456 g/mol. The summed E-state index contributed by atoms with van der Waals surface area (Å²) in [5.41, 5.74) is 4.51. The van der Waals surface area contributed by atoms with Gasteiger partial charge in [0.25, 0.3) is 11.5 Å². The molecular formula is C22H21FN4O4S. The number of hydrazine groups is 1. The number of amides is 2. The van der Waals surface area contributed by atoms with Gasteiger partial charge in [0, 0.05) is 22.4 Å². The molecule has 0 unspecified atom stereocenters. The minimum absolute atomic E-state index is 0.00692. The third-order valence-electron chi connectivity index (χ3n) is 4.53. The number of hydrogen-bond acceptors (Lipinski definition) is 6. The van der Waals surface area contributed by atoms with Crippen LogP contribution in [-0.2, 0) is 11.3 Å². The van der Waals surface area contributed by atoms with Crippen LogP contribution < -0.4 is 16.4 Å². The van der Waals surface area contributed by atoms with Gasteiger partial charge >= 0.3 is 0 Å². The predicted molar refractivity (Wildman–Crippen MR) is 119 cm³/mol. The summed E-state index contributed by atoms with van der Waals surface area (Å²) >= 11 is 0.926. The zero-order valence-electron chi connectivity index (χ0n) is 17.5. The number of rotatable bonds is 7. The fourth-order valence-electron chi connectivity index (χ4n) is 2.97. The Balaban J connectivity index is 1.67. The van der Waals surface area contributed by atoms with Crippen molar-refractivity contribution in [3.05, 3.63) is 69.9 Å². The molecule has 0 aliphatic carbocycles. The zero-order valence-corrected chi connectivity index (χ0v) is 18.3. The molecule has 2 N–H and O–H groups in total. The van der Waals surface area contributed by atoms with Crippen LogP contribution in [0.15, 0.2) is 52.2 Å². The molecule has 0 aliphatic heterocycles. The van der Waals surface area contributed by atoms with Gasteiger partial charge < -0.3 is 0 Å². The summed E-state index contributed by atoms with van der Waals surface area (Å²) in [7, 11) is 0. The molecule has 0 spiro atoms. The minimum atomic E-state index is -0.679. The highest BCUT2D eigenvalue weighted by Gasteiger charge is 2.17. The van der Waals surface area contributed by atoms with Gasteiger partial charge in [-0.1, -0.05) is 31.2 Å². The number of benzene rings is 2. The predicted octanol–water partition coefficient (Wildman–Crippen LogP) is 2.70. The molecule has 166 valence electrons. The van der Waals surface area contributed by atoms with Gasteiger partial charge in [-0.05, 0) is 31.5 Å². The van der Waals surface area contributed by atoms with Crippen LogP contribution in [0.2, 0.25) is 0 Å². The summed E-state index contributed by atoms with van der Waals surface area (Å²) in [6, 6.07) is 10.6. The van der Waals surface area contributed by atoms with E-state index < -0.39 is 17.6 Å². The Labute approximate surface area is 187 Å². The molecule has 0 saturated heterocycles. The van der Waals surface area contributed by atoms with E-state index in [4.69, 9.17) is 0 Å². The standard InChI is InChI=1S/C22H21FN4O4S/c1-3-10-27-22(31)16-7-5-4-6-15(16)20(26-27)21(30)25-24-19(29)12-32-18-9-8-14(13(2)28)11-17(18)23/h4-9,11H,3,10,12H2,1-2H3,(H,24,29)(H,25,30). The van der Waals surface area contributed by atoms with Crippen molar-refractivity contribution < 1.29 is 18.8 Å². The lowest BCUT2D eigenvalue weighted by atomic mass is 10.1. The van der Waals surface area contributed by atoms with Crippen LogP contribution >= 0.6 is 11.8 Å². The number of nitrogens with zero attached hydrogens (tertiary/aromatic N) is 2. The van der Waals surface area contributed by atoms with Crippen LogP contribution in [0, 0.1) is 5.82 Å². The van der Waals surface area contributed by atoms with Crippen LogP contribution in [0.1, 0.15) is 41.1 Å². The molecule has 0 fully saturated rings. The first-order valence-electron chi connectivity index (χ1n) is 9.84. The molecule has 3 aromatic rings. The zero-order chi connectivity index (χ0) is 23.3. The van der Waals surface area contributed by atoms with Gasteiger partial charge in [0.15, 0.2) is 11.5 Å². The fourth-order valence-corrected chi connectivity index (χ4v) is 3.69. The van der Waals surface area contributed by atoms with Gasteiger partial charge in [-0.3, -0.25) is 30.0 Å². The Hall–Kier alpha value is -3.53. The Morgan fingerprint density at radius 2 is 1.81 bits per heavy atom. The molecule has 0 radical (unpaired) electrons. The van der Waals surface area contributed by atoms with Crippen molar-refractivity contribution in [3.63, 3.8) is 0 Å². The summed E-state index contributed by atoms with van der Waals surface area (Å²) in [5.74, 6) is -2.27. The number of thioether (sulfide) groups is 1. The Morgan fingerprint density at radius 3 is 2.47 bits per heavy atom. The largest absolute Gasteiger partial charge is 0.295 e. The maximum absolute atomic E-state index is 14.1. The molecule has 2 aromatic carbocycles. The highest BCUT2D eigenvalue weighted by atomic mass is 32.2. The Morgan fingerprint density at radius 1 is 1.09 bits per heavy atom. The van der Waals surface area contributed by atoms with Gasteiger partial charge in [0.2, 0.25) is 5.91 Å². The molecular weight excluding hydrogens is 435 g/mol. The van der Waals surface area contributed by atoms with Crippen LogP contribution in [0.4, 0.5) is 4.39 Å². The normalized spacial score (nSPS) is 10.7. The smallest absolute Gasteiger partial charge is 0.290 e. The third-order valence-corrected chi connectivity index (χ3v) is 5.58. The average molecular weight is 456 g/mol. The molecule has 1 heterocycles. The highest BCUT2D eigenvalue weighted by Crippen LogP contribution is 2.22. The number of Topliss-reactive ketones (excluding diaryl/α,β-unsaturated/α-hetero) is 1. The lowest BCUT2D eigenvalue weighted by molar-refractivity contribution is -0.119. The van der Waals surface area contributed by atoms with E-state index in [1.54, 1.807) is 24.3 Å². The fraction of sp³-hybridized carbons (Fsp3) is 0.227. The second-order valence-electron chi connectivity index (χ2n) is 6.91. The second-order valence-corrected chi connectivity index (χ2v) is 7.93. The first-order chi connectivity index (χ1) is 15.3. The maximum Gasteiger partial charge on any atom is 0.290 e. The SMILES string of the molecule is CCCn1nc(C(=O)NNC(=O)CSc2ccc(C(C)=O)cc2F)c2ccccc2c1=O. The number of hydrogen-bond donors (Lipinski definition) is 2. The lowest BCUT2D eigenvalue weighted by Gasteiger charge is -2.11. The number of aromatic nitrogens is 2. The van der Waals surface area contributed by atoms with Gasteiger partial charge in [-0.15, -0.1) is 11.8 Å². The number of halogens is 1. The van der Waals surface area contributed by atoms with Gasteiger partial charge in [-0.25, -0.2) is 9.07 Å². The molecule has 8 nitrogen and oxygen atoms in total. The molecule has 0 saturated carbocycles. The van der Waals surface area contributed by atoms with E-state index >= 15 is 0 Å². The van der Waals surface area contributed by atoms with Crippen molar-refractivity contribution in [3.8, 4) is 0 Å². The number of carbonyl (C=O) groups excluding carboxylic acids is 3. The quantitative estimate of drug-likeness (QED) is 0.321. The summed E-state index contributed by atoms with van der Waals surface area (Å²) in [4.78, 5) is 48.8. The third kappa shape index (κ3) is 5.20. The molecule has 1 aromatic heterocycles. The van der Waals surface area contributed by atoms with E-state index in [0.717, 1.165) is 17.8 Å². The number of nitrogens with one attached hydrogen (secondary N) is 2. The van der Waals surface area contributed by atoms with E-state index in [1.807, 2.05) is 6.92 Å². The van der Waals surface area contributed by atoms with E-state index in [1.165, 1.54) is 23.7 Å². The van der Waals surface area contributed by atoms with Crippen LogP contribution in [-0.4, -0.2) is 33.1 Å². The first kappa shape index (κ1) is 23.1. The minimum Gasteiger partial charge on any atom is -0.295 e. The number of carbonyl (C=O) groups is 3. The van der Waals surface area contributed by atoms with Crippen molar-refractivity contribution in [2.45, 2.75) is 31.7 Å². The van der Waals surface area contributed by atoms with E-state index in [-0.39, 0.29) is 33.2 Å². The van der Waals surface area contributed by atoms with E-state index in [2.05, 4.69) is 16.0 Å². The molecule has 32 heavy (non-hydrogen) atoms. The van der Waals surface area contributed by atoms with Crippen LogP contribution in [0.25, 0.3) is 10.8 Å². The number of ketones is 1.